The molecule has 1 saturated carbocycles. The van der Waals surface area contributed by atoms with Gasteiger partial charge in [-0.25, -0.2) is 0 Å². The lowest BCUT2D eigenvalue weighted by molar-refractivity contribution is 0.0897. The molecule has 156 valence electrons. The molecule has 1 aromatic heterocycles. The Morgan fingerprint density at radius 2 is 1.97 bits per heavy atom. The van der Waals surface area contributed by atoms with Crippen LogP contribution in [0.15, 0.2) is 30.5 Å². The van der Waals surface area contributed by atoms with Gasteiger partial charge < -0.3 is 15.0 Å². The van der Waals surface area contributed by atoms with Gasteiger partial charge >= 0.3 is 0 Å². The Morgan fingerprint density at radius 3 is 2.55 bits per heavy atom. The van der Waals surface area contributed by atoms with Crippen LogP contribution in [-0.2, 0) is 12.0 Å². The number of nitrogens with one attached hydrogen (secondary N) is 1. The number of hydrogen-bond acceptors (Lipinski definition) is 4. The Bertz CT molecular complexity index is 852. The zero-order chi connectivity index (χ0) is 20.4. The molecule has 1 amide bonds. The molecule has 2 aromatic rings. The van der Waals surface area contributed by atoms with Gasteiger partial charge in [0.15, 0.2) is 0 Å². The number of methoxy groups -OCH3 is 1. The van der Waals surface area contributed by atoms with Crippen molar-refractivity contribution in [3.05, 3.63) is 46.7 Å². The van der Waals surface area contributed by atoms with Crippen molar-refractivity contribution in [3.63, 3.8) is 0 Å². The molecule has 0 atom stereocenters. The van der Waals surface area contributed by atoms with Gasteiger partial charge in [-0.05, 0) is 50.3 Å². The fraction of sp³-hybridized carbons (Fsp3) is 0.545. The maximum absolute atomic E-state index is 12.7. The topological polar surface area (TPSA) is 59.4 Å². The first-order chi connectivity index (χ1) is 14.0. The number of benzene rings is 1. The van der Waals surface area contributed by atoms with Gasteiger partial charge in [0, 0.05) is 37.6 Å². The summed E-state index contributed by atoms with van der Waals surface area (Å²) in [6.07, 6.45) is 5.95. The Kier molecular flexibility index (Phi) is 5.83. The van der Waals surface area contributed by atoms with Crippen LogP contribution in [0, 0.1) is 0 Å². The molecule has 0 spiro atoms. The van der Waals surface area contributed by atoms with Crippen LogP contribution in [-0.4, -0.2) is 53.4 Å². The lowest BCUT2D eigenvalue weighted by Crippen LogP contribution is -2.46. The van der Waals surface area contributed by atoms with E-state index in [1.54, 1.807) is 11.8 Å². The van der Waals surface area contributed by atoms with E-state index in [2.05, 4.69) is 39.6 Å². The zero-order valence-electron chi connectivity index (χ0n) is 17.2. The first-order valence-electron chi connectivity index (χ1n) is 10.4. The predicted molar refractivity (Wildman–Crippen MR) is 114 cm³/mol. The monoisotopic (exact) mass is 416 g/mol. The SMILES string of the molecule is CCn1ncc(Cl)c1C(=O)NC1CCN(CC2(c3ccc(OC)cc3)CC2)CC1. The number of carbonyl (C=O) groups excluding carboxylic acids is 1. The number of hydrogen-bond donors (Lipinski definition) is 1. The van der Waals surface area contributed by atoms with Crippen LogP contribution < -0.4 is 10.1 Å². The van der Waals surface area contributed by atoms with Crippen molar-refractivity contribution in [2.45, 2.75) is 50.6 Å². The van der Waals surface area contributed by atoms with E-state index in [0.29, 0.717) is 22.7 Å². The van der Waals surface area contributed by atoms with Gasteiger partial charge in [-0.1, -0.05) is 23.7 Å². The molecule has 29 heavy (non-hydrogen) atoms. The quantitative estimate of drug-likeness (QED) is 0.750. The van der Waals surface area contributed by atoms with Gasteiger partial charge in [0.05, 0.1) is 18.3 Å². The Labute approximate surface area is 177 Å². The summed E-state index contributed by atoms with van der Waals surface area (Å²) in [7, 11) is 1.70. The van der Waals surface area contributed by atoms with Gasteiger partial charge in [-0.2, -0.15) is 5.10 Å². The fourth-order valence-electron chi connectivity index (χ4n) is 4.38. The van der Waals surface area contributed by atoms with E-state index in [1.807, 2.05) is 6.92 Å². The first kappa shape index (κ1) is 20.2. The second-order valence-corrected chi connectivity index (χ2v) is 8.60. The van der Waals surface area contributed by atoms with Crippen molar-refractivity contribution in [1.29, 1.82) is 0 Å². The van der Waals surface area contributed by atoms with Crippen molar-refractivity contribution in [3.8, 4) is 5.75 Å². The predicted octanol–water partition coefficient (Wildman–Crippen LogP) is 3.49. The van der Waals surface area contributed by atoms with E-state index in [0.717, 1.165) is 38.2 Å². The number of ether oxygens (including phenoxy) is 1. The lowest BCUT2D eigenvalue weighted by atomic mass is 9.93. The largest absolute Gasteiger partial charge is 0.497 e. The molecule has 4 rings (SSSR count). The van der Waals surface area contributed by atoms with Crippen LogP contribution in [0.1, 0.15) is 48.7 Å². The normalized spacial score (nSPS) is 19.1. The van der Waals surface area contributed by atoms with Crippen molar-refractivity contribution >= 4 is 17.5 Å². The van der Waals surface area contributed by atoms with Crippen LogP contribution in [0.5, 0.6) is 5.75 Å². The lowest BCUT2D eigenvalue weighted by Gasteiger charge is -2.35. The number of likely N-dealkylation sites (tertiary alicyclic amines) is 1. The highest BCUT2D eigenvalue weighted by molar-refractivity contribution is 6.33. The summed E-state index contributed by atoms with van der Waals surface area (Å²) in [5, 5.41) is 7.72. The summed E-state index contributed by atoms with van der Waals surface area (Å²) in [6.45, 7) is 5.68. The molecule has 2 fully saturated rings. The van der Waals surface area contributed by atoms with Crippen molar-refractivity contribution in [2.24, 2.45) is 0 Å². The molecule has 7 heteroatoms. The average Bonchev–Trinajstić information content (AvgIpc) is 3.43. The average molecular weight is 417 g/mol. The summed E-state index contributed by atoms with van der Waals surface area (Å²) in [5.41, 5.74) is 2.17. The van der Waals surface area contributed by atoms with Gasteiger partial charge in [0.25, 0.3) is 5.91 Å². The minimum atomic E-state index is -0.121. The minimum Gasteiger partial charge on any atom is -0.497 e. The molecule has 1 N–H and O–H groups in total. The zero-order valence-corrected chi connectivity index (χ0v) is 17.9. The molecule has 0 unspecified atom stereocenters. The number of nitrogens with zero attached hydrogens (tertiary/aromatic N) is 3. The maximum Gasteiger partial charge on any atom is 0.271 e. The summed E-state index contributed by atoms with van der Waals surface area (Å²) in [5.74, 6) is 0.787. The Balaban J connectivity index is 1.30. The van der Waals surface area contributed by atoms with Gasteiger partial charge in [0.1, 0.15) is 11.4 Å². The second kappa shape index (κ2) is 8.36. The van der Waals surface area contributed by atoms with Gasteiger partial charge in [-0.3, -0.25) is 9.48 Å². The molecule has 1 saturated heterocycles. The van der Waals surface area contributed by atoms with Crippen LogP contribution in [0.3, 0.4) is 0 Å². The van der Waals surface area contributed by atoms with Crippen LogP contribution in [0.25, 0.3) is 0 Å². The number of amides is 1. The van der Waals surface area contributed by atoms with Crippen LogP contribution in [0.2, 0.25) is 5.02 Å². The molecule has 0 radical (unpaired) electrons. The van der Waals surface area contributed by atoms with E-state index < -0.39 is 0 Å². The van der Waals surface area contributed by atoms with E-state index in [9.17, 15) is 4.79 Å². The first-order valence-corrected chi connectivity index (χ1v) is 10.8. The summed E-state index contributed by atoms with van der Waals surface area (Å²) < 4.78 is 6.94. The minimum absolute atomic E-state index is 0.121. The summed E-state index contributed by atoms with van der Waals surface area (Å²) in [4.78, 5) is 15.2. The van der Waals surface area contributed by atoms with E-state index in [4.69, 9.17) is 16.3 Å². The molecule has 1 aliphatic carbocycles. The van der Waals surface area contributed by atoms with Gasteiger partial charge in [0.2, 0.25) is 0 Å². The number of halogens is 1. The molecule has 2 aliphatic rings. The third-order valence-electron chi connectivity index (χ3n) is 6.31. The van der Waals surface area contributed by atoms with Crippen LogP contribution >= 0.6 is 11.6 Å². The second-order valence-electron chi connectivity index (χ2n) is 8.19. The highest BCUT2D eigenvalue weighted by atomic mass is 35.5. The third-order valence-corrected chi connectivity index (χ3v) is 6.59. The molecule has 0 bridgehead atoms. The number of aryl methyl sites for hydroxylation is 1. The van der Waals surface area contributed by atoms with E-state index in [1.165, 1.54) is 24.6 Å². The smallest absolute Gasteiger partial charge is 0.271 e. The standard InChI is InChI=1S/C22H29ClN4O2/c1-3-27-20(19(23)14-24-27)21(28)25-17-8-12-26(13-9-17)15-22(10-11-22)16-4-6-18(29-2)7-5-16/h4-7,14,17H,3,8-13,15H2,1-2H3,(H,25,28). The van der Waals surface area contributed by atoms with E-state index in [-0.39, 0.29) is 11.9 Å². The molecule has 1 aromatic carbocycles. The van der Waals surface area contributed by atoms with E-state index >= 15 is 0 Å². The molecular weight excluding hydrogens is 388 g/mol. The third kappa shape index (κ3) is 4.28. The fourth-order valence-corrected chi connectivity index (χ4v) is 4.61. The number of piperidine rings is 1. The Morgan fingerprint density at radius 1 is 1.28 bits per heavy atom. The maximum atomic E-state index is 12.7. The molecule has 1 aliphatic heterocycles. The van der Waals surface area contributed by atoms with Crippen LogP contribution in [0.4, 0.5) is 0 Å². The van der Waals surface area contributed by atoms with Crippen molar-refractivity contribution in [2.75, 3.05) is 26.7 Å². The van der Waals surface area contributed by atoms with Gasteiger partial charge in [-0.15, -0.1) is 0 Å². The molecular formula is C22H29ClN4O2. The number of aromatic nitrogens is 2. The number of carbonyl (C=O) groups is 1. The van der Waals surface area contributed by atoms with Crippen molar-refractivity contribution < 1.29 is 9.53 Å². The Hall–Kier alpha value is -2.05. The summed E-state index contributed by atoms with van der Waals surface area (Å²) in [6, 6.07) is 8.72. The molecule has 2 heterocycles. The van der Waals surface area contributed by atoms with Crippen molar-refractivity contribution in [1.82, 2.24) is 20.0 Å². The highest BCUT2D eigenvalue weighted by Crippen LogP contribution is 2.49. The summed E-state index contributed by atoms with van der Waals surface area (Å²) >= 11 is 6.16. The number of rotatable bonds is 7. The highest BCUT2D eigenvalue weighted by Gasteiger charge is 2.45. The molecule has 6 nitrogen and oxygen atoms in total.